The number of halogens is 2. The predicted octanol–water partition coefficient (Wildman–Crippen LogP) is 4.76. The fourth-order valence-corrected chi connectivity index (χ4v) is 5.22. The van der Waals surface area contributed by atoms with Crippen LogP contribution in [0.2, 0.25) is 5.02 Å². The summed E-state index contributed by atoms with van der Waals surface area (Å²) in [6.45, 7) is 2.38. The van der Waals surface area contributed by atoms with Gasteiger partial charge in [0, 0.05) is 15.1 Å². The Morgan fingerprint density at radius 3 is 2.46 bits per heavy atom. The molecule has 2 saturated heterocycles. The van der Waals surface area contributed by atoms with E-state index in [0.29, 0.717) is 34.2 Å². The molecule has 2 aliphatic heterocycles. The molecule has 5 rings (SSSR count). The van der Waals surface area contributed by atoms with Gasteiger partial charge in [-0.2, -0.15) is 0 Å². The zero-order valence-electron chi connectivity index (χ0n) is 18.7. The summed E-state index contributed by atoms with van der Waals surface area (Å²) in [4.78, 5) is 42.0. The van der Waals surface area contributed by atoms with Gasteiger partial charge in [0.25, 0.3) is 11.8 Å². The maximum atomic E-state index is 13.7. The van der Waals surface area contributed by atoms with E-state index in [1.165, 1.54) is 5.01 Å². The van der Waals surface area contributed by atoms with Crippen LogP contribution in [0.4, 0.5) is 5.69 Å². The highest BCUT2D eigenvalue weighted by Gasteiger charge is 2.60. The number of amides is 3. The molecule has 7 nitrogen and oxygen atoms in total. The van der Waals surface area contributed by atoms with E-state index in [1.807, 2.05) is 19.1 Å². The Bertz CT molecular complexity index is 1320. The van der Waals surface area contributed by atoms with Gasteiger partial charge in [-0.25, -0.2) is 10.3 Å². The van der Waals surface area contributed by atoms with Gasteiger partial charge in [-0.3, -0.25) is 19.4 Å². The van der Waals surface area contributed by atoms with Crippen molar-refractivity contribution in [2.45, 2.75) is 19.0 Å². The van der Waals surface area contributed by atoms with E-state index in [4.69, 9.17) is 16.3 Å². The van der Waals surface area contributed by atoms with Crippen molar-refractivity contribution in [2.24, 2.45) is 5.92 Å². The van der Waals surface area contributed by atoms with E-state index < -0.39 is 29.8 Å². The molecule has 0 aliphatic carbocycles. The summed E-state index contributed by atoms with van der Waals surface area (Å²) < 4.78 is 6.21. The summed E-state index contributed by atoms with van der Waals surface area (Å²) in [6.07, 6.45) is 0. The fraction of sp³-hybridized carbons (Fsp3) is 0.192. The highest BCUT2D eigenvalue weighted by Crippen LogP contribution is 2.43. The van der Waals surface area contributed by atoms with Crippen molar-refractivity contribution in [3.8, 4) is 5.75 Å². The minimum absolute atomic E-state index is 0.383. The molecule has 0 aromatic heterocycles. The second-order valence-electron chi connectivity index (χ2n) is 8.26. The molecule has 35 heavy (non-hydrogen) atoms. The Kier molecular flexibility index (Phi) is 6.35. The molecular weight excluding hydrogens is 534 g/mol. The van der Waals surface area contributed by atoms with Crippen LogP contribution in [0.5, 0.6) is 5.75 Å². The number of fused-ring (bicyclic) bond motifs is 1. The lowest BCUT2D eigenvalue weighted by atomic mass is 9.91. The van der Waals surface area contributed by atoms with Crippen LogP contribution in [0.3, 0.4) is 0 Å². The van der Waals surface area contributed by atoms with E-state index in [-0.39, 0.29) is 5.91 Å². The summed E-state index contributed by atoms with van der Waals surface area (Å²) in [7, 11) is 0. The molecule has 2 aliphatic rings. The van der Waals surface area contributed by atoms with Gasteiger partial charge in [-0.05, 0) is 67.1 Å². The maximum Gasteiger partial charge on any atom is 0.268 e. The van der Waals surface area contributed by atoms with Crippen molar-refractivity contribution >= 4 is 50.9 Å². The van der Waals surface area contributed by atoms with Crippen LogP contribution in [0.1, 0.15) is 28.9 Å². The molecule has 3 aromatic carbocycles. The topological polar surface area (TPSA) is 79.0 Å². The number of hydrogen-bond donors (Lipinski definition) is 1. The number of rotatable bonds is 5. The molecule has 0 saturated carbocycles. The lowest BCUT2D eigenvalue weighted by Crippen LogP contribution is -2.48. The van der Waals surface area contributed by atoms with Gasteiger partial charge in [-0.15, -0.1) is 0 Å². The number of nitrogens with one attached hydrogen (secondary N) is 1. The number of ether oxygens (including phenoxy) is 1. The number of nitrogens with zero attached hydrogens (tertiary/aromatic N) is 2. The first kappa shape index (κ1) is 23.5. The molecule has 0 unspecified atom stereocenters. The molecule has 0 radical (unpaired) electrons. The number of carbonyl (C=O) groups excluding carboxylic acids is 3. The second kappa shape index (κ2) is 9.45. The van der Waals surface area contributed by atoms with E-state index in [2.05, 4.69) is 21.4 Å². The molecule has 0 spiro atoms. The zero-order valence-corrected chi connectivity index (χ0v) is 21.0. The standard InChI is InChI=1S/C26H21BrClN3O4/c1-2-35-20-11-9-19(10-12-20)30-25(33)21-22(15-5-4-8-18(28)14-15)29-31(23(21)26(30)34)24(32)16-6-3-7-17(27)13-16/h3-14,21-23,29H,2H2,1H3/t21-,22-,23-/m1/s1. The van der Waals surface area contributed by atoms with Gasteiger partial charge >= 0.3 is 0 Å². The van der Waals surface area contributed by atoms with Crippen molar-refractivity contribution < 1.29 is 19.1 Å². The van der Waals surface area contributed by atoms with Gasteiger partial charge in [0.2, 0.25) is 5.91 Å². The fourth-order valence-electron chi connectivity index (χ4n) is 4.63. The average Bonchev–Trinajstić information content (AvgIpc) is 3.36. The van der Waals surface area contributed by atoms with Crippen molar-refractivity contribution in [3.63, 3.8) is 0 Å². The third-order valence-electron chi connectivity index (χ3n) is 6.14. The Hall–Kier alpha value is -3.20. The first-order chi connectivity index (χ1) is 16.9. The number of hydrogen-bond acceptors (Lipinski definition) is 5. The average molecular weight is 555 g/mol. The lowest BCUT2D eigenvalue weighted by molar-refractivity contribution is -0.123. The number of anilines is 1. The zero-order chi connectivity index (χ0) is 24.7. The minimum Gasteiger partial charge on any atom is -0.494 e. The Labute approximate surface area is 215 Å². The SMILES string of the molecule is CCOc1ccc(N2C(=O)[C@@H]3[C@@H](c4cccc(Cl)c4)NN(C(=O)c4cccc(Br)c4)[C@H]3C2=O)cc1. The minimum atomic E-state index is -1.01. The van der Waals surface area contributed by atoms with Gasteiger partial charge in [0.15, 0.2) is 0 Å². The summed E-state index contributed by atoms with van der Waals surface area (Å²) >= 11 is 9.61. The monoisotopic (exact) mass is 553 g/mol. The molecular formula is C26H21BrClN3O4. The van der Waals surface area contributed by atoms with E-state index in [9.17, 15) is 14.4 Å². The molecule has 3 atom stereocenters. The van der Waals surface area contributed by atoms with Crippen LogP contribution in [0, 0.1) is 5.92 Å². The summed E-state index contributed by atoms with van der Waals surface area (Å²) in [5.74, 6) is -1.43. The molecule has 9 heteroatoms. The van der Waals surface area contributed by atoms with Crippen LogP contribution in [-0.2, 0) is 9.59 Å². The maximum absolute atomic E-state index is 13.7. The quantitative estimate of drug-likeness (QED) is 0.460. The number of benzene rings is 3. The summed E-state index contributed by atoms with van der Waals surface area (Å²) in [5.41, 5.74) is 4.66. The van der Waals surface area contributed by atoms with Crippen molar-refractivity contribution in [1.82, 2.24) is 10.4 Å². The largest absolute Gasteiger partial charge is 0.494 e. The molecule has 3 aromatic rings. The van der Waals surface area contributed by atoms with E-state index in [0.717, 1.165) is 9.37 Å². The number of carbonyl (C=O) groups is 3. The first-order valence-corrected chi connectivity index (χ1v) is 12.3. The molecule has 178 valence electrons. The smallest absolute Gasteiger partial charge is 0.268 e. The van der Waals surface area contributed by atoms with E-state index in [1.54, 1.807) is 60.7 Å². The molecule has 2 fully saturated rings. The Balaban J connectivity index is 1.55. The Morgan fingerprint density at radius 2 is 1.77 bits per heavy atom. The molecule has 3 amide bonds. The third kappa shape index (κ3) is 4.22. The molecule has 2 heterocycles. The highest BCUT2D eigenvalue weighted by atomic mass is 79.9. The van der Waals surface area contributed by atoms with Gasteiger partial charge < -0.3 is 4.74 Å². The summed E-state index contributed by atoms with van der Waals surface area (Å²) in [5, 5.41) is 1.78. The molecule has 1 N–H and O–H groups in total. The van der Waals surface area contributed by atoms with E-state index >= 15 is 0 Å². The van der Waals surface area contributed by atoms with Gasteiger partial charge in [0.05, 0.1) is 24.3 Å². The number of imide groups is 1. The predicted molar refractivity (Wildman–Crippen MR) is 135 cm³/mol. The number of hydrazine groups is 1. The van der Waals surface area contributed by atoms with Crippen molar-refractivity contribution in [1.29, 1.82) is 0 Å². The summed E-state index contributed by atoms with van der Waals surface area (Å²) in [6, 6.07) is 19.1. The second-order valence-corrected chi connectivity index (χ2v) is 9.61. The Morgan fingerprint density at radius 1 is 1.03 bits per heavy atom. The van der Waals surface area contributed by atoms with Crippen molar-refractivity contribution in [2.75, 3.05) is 11.5 Å². The van der Waals surface area contributed by atoms with Crippen LogP contribution in [-0.4, -0.2) is 35.4 Å². The normalized spacial score (nSPS) is 21.4. The van der Waals surface area contributed by atoms with Crippen LogP contribution < -0.4 is 15.1 Å². The van der Waals surface area contributed by atoms with Crippen LogP contribution in [0.25, 0.3) is 0 Å². The van der Waals surface area contributed by atoms with Crippen molar-refractivity contribution in [3.05, 3.63) is 93.4 Å². The third-order valence-corrected chi connectivity index (χ3v) is 6.87. The van der Waals surface area contributed by atoms with Crippen LogP contribution in [0.15, 0.2) is 77.3 Å². The molecule has 0 bridgehead atoms. The van der Waals surface area contributed by atoms with Crippen LogP contribution >= 0.6 is 27.5 Å². The highest BCUT2D eigenvalue weighted by molar-refractivity contribution is 9.10. The van der Waals surface area contributed by atoms with Gasteiger partial charge in [0.1, 0.15) is 11.8 Å². The first-order valence-electron chi connectivity index (χ1n) is 11.1. The van der Waals surface area contributed by atoms with Gasteiger partial charge in [-0.1, -0.05) is 45.7 Å². The lowest BCUT2D eigenvalue weighted by Gasteiger charge is -2.25.